The SMILES string of the molecule is N[C@@H](Cc1c[nH]c2ccccc12)C(=O)O.O=C1CC(O)C(=O)N1. The van der Waals surface area contributed by atoms with Crippen molar-refractivity contribution in [2.75, 3.05) is 0 Å². The van der Waals surface area contributed by atoms with Crippen LogP contribution in [0.1, 0.15) is 12.0 Å². The fourth-order valence-corrected chi connectivity index (χ4v) is 2.16. The van der Waals surface area contributed by atoms with E-state index in [1.54, 1.807) is 0 Å². The second kappa shape index (κ2) is 7.03. The minimum Gasteiger partial charge on any atom is -0.480 e. The van der Waals surface area contributed by atoms with E-state index in [9.17, 15) is 14.4 Å². The third-order valence-electron chi connectivity index (χ3n) is 3.38. The number of aliphatic hydroxyl groups excluding tert-OH is 1. The Morgan fingerprint density at radius 3 is 2.57 bits per heavy atom. The number of rotatable bonds is 3. The van der Waals surface area contributed by atoms with Crippen molar-refractivity contribution in [2.45, 2.75) is 25.0 Å². The largest absolute Gasteiger partial charge is 0.480 e. The van der Waals surface area contributed by atoms with E-state index in [4.69, 9.17) is 15.9 Å². The van der Waals surface area contributed by atoms with Gasteiger partial charge in [0.2, 0.25) is 5.91 Å². The molecule has 0 bridgehead atoms. The molecule has 2 heterocycles. The van der Waals surface area contributed by atoms with Gasteiger partial charge in [-0.05, 0) is 11.6 Å². The minimum absolute atomic E-state index is 0.0845. The van der Waals surface area contributed by atoms with Crippen LogP contribution in [0.15, 0.2) is 30.5 Å². The molecular formula is C15H17N3O5. The summed E-state index contributed by atoms with van der Waals surface area (Å²) >= 11 is 0. The number of fused-ring (bicyclic) bond motifs is 1. The number of hydrogen-bond acceptors (Lipinski definition) is 5. The first kappa shape index (κ1) is 16.7. The van der Waals surface area contributed by atoms with Gasteiger partial charge in [-0.2, -0.15) is 0 Å². The summed E-state index contributed by atoms with van der Waals surface area (Å²) in [6.45, 7) is 0. The summed E-state index contributed by atoms with van der Waals surface area (Å²) in [7, 11) is 0. The minimum atomic E-state index is -1.11. The van der Waals surface area contributed by atoms with Crippen LogP contribution in [0, 0.1) is 0 Å². The Hall–Kier alpha value is -2.71. The maximum absolute atomic E-state index is 10.6. The molecule has 1 aliphatic heterocycles. The summed E-state index contributed by atoms with van der Waals surface area (Å²) < 4.78 is 0. The standard InChI is InChI=1S/C11H12N2O2.C4H5NO3/c12-9(11(14)15)5-7-6-13-10-4-2-1-3-8(7)10;6-2-1-3(7)5-4(2)8/h1-4,6,9,13H,5,12H2,(H,14,15);2,6H,1H2,(H,5,7,8)/t9-;/m0./s1. The number of carbonyl (C=O) groups is 3. The van der Waals surface area contributed by atoms with Crippen LogP contribution in [0.2, 0.25) is 0 Å². The van der Waals surface area contributed by atoms with Gasteiger partial charge in [0.15, 0.2) is 0 Å². The molecule has 0 spiro atoms. The van der Waals surface area contributed by atoms with Crippen LogP contribution in [0.4, 0.5) is 0 Å². The average Bonchev–Trinajstić information content (AvgIpc) is 3.03. The lowest BCUT2D eigenvalue weighted by molar-refractivity contribution is -0.138. The summed E-state index contributed by atoms with van der Waals surface area (Å²) in [6, 6.07) is 6.91. The van der Waals surface area contributed by atoms with Crippen LogP contribution in [-0.2, 0) is 20.8 Å². The Balaban J connectivity index is 0.000000203. The van der Waals surface area contributed by atoms with Gasteiger partial charge in [0, 0.05) is 23.5 Å². The second-order valence-electron chi connectivity index (χ2n) is 5.14. The molecular weight excluding hydrogens is 302 g/mol. The Morgan fingerprint density at radius 1 is 1.35 bits per heavy atom. The molecule has 1 saturated heterocycles. The van der Waals surface area contributed by atoms with E-state index < -0.39 is 29.9 Å². The zero-order chi connectivity index (χ0) is 17.0. The van der Waals surface area contributed by atoms with Crippen molar-refractivity contribution < 1.29 is 24.6 Å². The Kier molecular flexibility index (Phi) is 5.09. The number of hydrogen-bond donors (Lipinski definition) is 5. The fourth-order valence-electron chi connectivity index (χ4n) is 2.16. The molecule has 1 aliphatic rings. The number of aliphatic carboxylic acids is 1. The van der Waals surface area contributed by atoms with Crippen LogP contribution in [0.5, 0.6) is 0 Å². The first-order valence-corrected chi connectivity index (χ1v) is 6.93. The first-order chi connectivity index (χ1) is 10.9. The monoisotopic (exact) mass is 319 g/mol. The molecule has 23 heavy (non-hydrogen) atoms. The van der Waals surface area contributed by atoms with Crippen molar-refractivity contribution in [1.29, 1.82) is 0 Å². The number of carbonyl (C=O) groups excluding carboxylic acids is 2. The molecule has 2 aromatic rings. The van der Waals surface area contributed by atoms with Gasteiger partial charge in [-0.25, -0.2) is 0 Å². The molecule has 8 heteroatoms. The number of benzene rings is 1. The van der Waals surface area contributed by atoms with E-state index in [0.717, 1.165) is 16.5 Å². The highest BCUT2D eigenvalue weighted by molar-refractivity contribution is 6.04. The number of carboxylic acids is 1. The number of aromatic amines is 1. The number of para-hydroxylation sites is 1. The molecule has 2 amide bonds. The maximum atomic E-state index is 10.6. The number of nitrogens with one attached hydrogen (secondary N) is 2. The summed E-state index contributed by atoms with van der Waals surface area (Å²) in [5, 5.41) is 20.2. The fraction of sp³-hybridized carbons (Fsp3) is 0.267. The van der Waals surface area contributed by atoms with Gasteiger partial charge in [0.1, 0.15) is 12.1 Å². The van der Waals surface area contributed by atoms with E-state index in [1.165, 1.54) is 0 Å². The van der Waals surface area contributed by atoms with Gasteiger partial charge >= 0.3 is 5.97 Å². The first-order valence-electron chi connectivity index (χ1n) is 6.93. The lowest BCUT2D eigenvalue weighted by Crippen LogP contribution is -2.32. The lowest BCUT2D eigenvalue weighted by atomic mass is 10.1. The van der Waals surface area contributed by atoms with Gasteiger partial charge in [-0.3, -0.25) is 19.7 Å². The predicted molar refractivity (Wildman–Crippen MR) is 81.4 cm³/mol. The van der Waals surface area contributed by atoms with Gasteiger partial charge in [-0.15, -0.1) is 0 Å². The molecule has 1 unspecified atom stereocenters. The lowest BCUT2D eigenvalue weighted by Gasteiger charge is -2.04. The van der Waals surface area contributed by atoms with Crippen LogP contribution in [0.25, 0.3) is 10.9 Å². The molecule has 6 N–H and O–H groups in total. The number of nitrogens with two attached hydrogens (primary N) is 1. The highest BCUT2D eigenvalue weighted by atomic mass is 16.4. The van der Waals surface area contributed by atoms with Crippen LogP contribution in [-0.4, -0.2) is 45.1 Å². The van der Waals surface area contributed by atoms with Gasteiger partial charge in [0.25, 0.3) is 5.91 Å². The van der Waals surface area contributed by atoms with Gasteiger partial charge in [-0.1, -0.05) is 18.2 Å². The van der Waals surface area contributed by atoms with Crippen molar-refractivity contribution in [2.24, 2.45) is 5.73 Å². The van der Waals surface area contributed by atoms with Crippen molar-refractivity contribution in [3.8, 4) is 0 Å². The summed E-state index contributed by atoms with van der Waals surface area (Å²) in [5.74, 6) is -1.96. The summed E-state index contributed by atoms with van der Waals surface area (Å²) in [5.41, 5.74) is 7.43. The number of aliphatic hydroxyl groups is 1. The highest BCUT2D eigenvalue weighted by Gasteiger charge is 2.27. The highest BCUT2D eigenvalue weighted by Crippen LogP contribution is 2.18. The predicted octanol–water partition coefficient (Wildman–Crippen LogP) is -0.484. The quantitative estimate of drug-likeness (QED) is 0.483. The summed E-state index contributed by atoms with van der Waals surface area (Å²) in [6.07, 6.45) is 0.966. The number of aromatic nitrogens is 1. The molecule has 0 aliphatic carbocycles. The van der Waals surface area contributed by atoms with E-state index in [-0.39, 0.29) is 6.42 Å². The van der Waals surface area contributed by atoms with E-state index in [1.807, 2.05) is 35.8 Å². The number of carboxylic acid groups (broad SMARTS) is 1. The molecule has 0 radical (unpaired) electrons. The molecule has 0 saturated carbocycles. The Labute approximate surface area is 131 Å². The van der Waals surface area contributed by atoms with Crippen LogP contribution < -0.4 is 11.1 Å². The molecule has 1 fully saturated rings. The third-order valence-corrected chi connectivity index (χ3v) is 3.38. The van der Waals surface area contributed by atoms with Crippen molar-refractivity contribution in [3.05, 3.63) is 36.0 Å². The molecule has 1 aromatic heterocycles. The second-order valence-corrected chi connectivity index (χ2v) is 5.14. The van der Waals surface area contributed by atoms with E-state index >= 15 is 0 Å². The zero-order valence-corrected chi connectivity index (χ0v) is 12.2. The topological polar surface area (TPSA) is 146 Å². The maximum Gasteiger partial charge on any atom is 0.320 e. The smallest absolute Gasteiger partial charge is 0.320 e. The van der Waals surface area contributed by atoms with Crippen molar-refractivity contribution in [3.63, 3.8) is 0 Å². The van der Waals surface area contributed by atoms with E-state index in [2.05, 4.69) is 4.98 Å². The molecule has 3 rings (SSSR count). The third kappa shape index (κ3) is 4.15. The normalized spacial score (nSPS) is 18.3. The van der Waals surface area contributed by atoms with Gasteiger partial charge < -0.3 is 20.9 Å². The number of imide groups is 1. The molecule has 122 valence electrons. The van der Waals surface area contributed by atoms with Crippen molar-refractivity contribution in [1.82, 2.24) is 10.3 Å². The number of H-pyrrole nitrogens is 1. The Bertz CT molecular complexity index is 740. The molecule has 2 atom stereocenters. The van der Waals surface area contributed by atoms with Gasteiger partial charge in [0.05, 0.1) is 6.42 Å². The average molecular weight is 319 g/mol. The van der Waals surface area contributed by atoms with E-state index in [0.29, 0.717) is 6.42 Å². The van der Waals surface area contributed by atoms with Crippen LogP contribution in [0.3, 0.4) is 0 Å². The van der Waals surface area contributed by atoms with Crippen molar-refractivity contribution >= 4 is 28.7 Å². The van der Waals surface area contributed by atoms with Crippen LogP contribution >= 0.6 is 0 Å². The zero-order valence-electron chi connectivity index (χ0n) is 12.2. The molecule has 8 nitrogen and oxygen atoms in total. The molecule has 1 aromatic carbocycles. The Morgan fingerprint density at radius 2 is 2.04 bits per heavy atom. The summed E-state index contributed by atoms with van der Waals surface area (Å²) in [4.78, 5) is 34.1. The number of amides is 2.